The quantitative estimate of drug-likeness (QED) is 0.250. The van der Waals surface area contributed by atoms with Crippen LogP contribution in [0, 0.1) is 10.1 Å². The lowest BCUT2D eigenvalue weighted by Crippen LogP contribution is -2.35. The number of hydrogen-bond acceptors (Lipinski definition) is 6. The molecule has 2 amide bonds. The number of rotatable bonds is 5. The number of benzene rings is 2. The lowest BCUT2D eigenvalue weighted by molar-refractivity contribution is -0.384. The number of ether oxygens (including phenoxy) is 1. The van der Waals surface area contributed by atoms with Gasteiger partial charge in [0.1, 0.15) is 22.8 Å². The fourth-order valence-electron chi connectivity index (χ4n) is 3.08. The van der Waals surface area contributed by atoms with Crippen LogP contribution in [0.5, 0.6) is 5.75 Å². The third kappa shape index (κ3) is 3.91. The first kappa shape index (κ1) is 21.4. The minimum atomic E-state index is -0.644. The molecule has 2 heterocycles. The number of anilines is 1. The van der Waals surface area contributed by atoms with Crippen molar-refractivity contribution in [3.8, 4) is 17.1 Å². The van der Waals surface area contributed by atoms with Gasteiger partial charge < -0.3 is 9.15 Å². The fourth-order valence-corrected chi connectivity index (χ4v) is 3.37. The molecule has 3 aromatic rings. The van der Waals surface area contributed by atoms with Crippen molar-refractivity contribution in [2.45, 2.75) is 0 Å². The van der Waals surface area contributed by atoms with Crippen LogP contribution in [-0.4, -0.2) is 23.8 Å². The van der Waals surface area contributed by atoms with Crippen LogP contribution >= 0.6 is 23.2 Å². The van der Waals surface area contributed by atoms with E-state index >= 15 is 0 Å². The summed E-state index contributed by atoms with van der Waals surface area (Å²) < 4.78 is 10.7. The number of nitro groups is 1. The molecule has 1 aromatic heterocycles. The molecule has 0 saturated carbocycles. The maximum Gasteiger partial charge on any atom is 0.284 e. The Morgan fingerprint density at radius 2 is 1.88 bits per heavy atom. The van der Waals surface area contributed by atoms with Gasteiger partial charge in [-0.15, -0.1) is 0 Å². The number of hydrogen-bond donors (Lipinski definition) is 1. The van der Waals surface area contributed by atoms with Gasteiger partial charge in [-0.1, -0.05) is 23.2 Å². The molecule has 162 valence electrons. The number of halogens is 2. The number of furan rings is 1. The topological polar surface area (TPSA) is 115 Å². The minimum Gasteiger partial charge on any atom is -0.497 e. The van der Waals surface area contributed by atoms with Crippen LogP contribution in [-0.2, 0) is 9.59 Å². The molecule has 9 nitrogen and oxygen atoms in total. The second-order valence-corrected chi connectivity index (χ2v) is 7.39. The second kappa shape index (κ2) is 8.37. The molecule has 0 atom stereocenters. The normalized spacial score (nSPS) is 14.7. The third-order valence-electron chi connectivity index (χ3n) is 4.63. The summed E-state index contributed by atoms with van der Waals surface area (Å²) in [5.41, 5.74) is 2.60. The Morgan fingerprint density at radius 3 is 2.56 bits per heavy atom. The summed E-state index contributed by atoms with van der Waals surface area (Å²) in [5, 5.41) is 13.0. The predicted octanol–water partition coefficient (Wildman–Crippen LogP) is 4.63. The van der Waals surface area contributed by atoms with E-state index in [1.807, 2.05) is 0 Å². The third-order valence-corrected chi connectivity index (χ3v) is 5.37. The van der Waals surface area contributed by atoms with E-state index in [-0.39, 0.29) is 33.4 Å². The maximum atomic E-state index is 12.8. The SMILES string of the molecule is COc1ccc(-c2ccc(C=C3C(=O)NN(c4ccc(Cl)c(Cl)c4)C3=O)o2)c([N+](=O)[O-])c1. The molecule has 1 aliphatic heterocycles. The van der Waals surface area contributed by atoms with E-state index < -0.39 is 16.7 Å². The molecule has 1 saturated heterocycles. The van der Waals surface area contributed by atoms with E-state index in [4.69, 9.17) is 32.4 Å². The van der Waals surface area contributed by atoms with E-state index in [0.29, 0.717) is 16.5 Å². The molecule has 0 spiro atoms. The lowest BCUT2D eigenvalue weighted by atomic mass is 10.1. The first-order chi connectivity index (χ1) is 15.3. The van der Waals surface area contributed by atoms with Gasteiger partial charge in [-0.05, 0) is 48.5 Å². The number of nitro benzene ring substituents is 1. The van der Waals surface area contributed by atoms with Crippen molar-refractivity contribution in [1.82, 2.24) is 5.43 Å². The number of nitrogens with one attached hydrogen (secondary N) is 1. The molecule has 4 rings (SSSR count). The standard InChI is InChI=1S/C21H13Cl2N3O6/c1-31-12-3-5-14(18(10-12)26(29)30)19-7-4-13(32-19)9-15-20(27)24-25(21(15)28)11-2-6-16(22)17(23)8-11/h2-10H,1H3,(H,24,27). The predicted molar refractivity (Wildman–Crippen MR) is 117 cm³/mol. The highest BCUT2D eigenvalue weighted by atomic mass is 35.5. The zero-order valence-electron chi connectivity index (χ0n) is 16.3. The zero-order valence-corrected chi connectivity index (χ0v) is 17.8. The highest BCUT2D eigenvalue weighted by Crippen LogP contribution is 2.35. The number of nitrogens with zero attached hydrogens (tertiary/aromatic N) is 2. The van der Waals surface area contributed by atoms with E-state index in [2.05, 4.69) is 5.43 Å². The summed E-state index contributed by atoms with van der Waals surface area (Å²) in [5.74, 6) is -0.584. The average Bonchev–Trinajstić information content (AvgIpc) is 3.35. The number of carbonyl (C=O) groups is 2. The van der Waals surface area contributed by atoms with E-state index in [9.17, 15) is 19.7 Å². The molecule has 0 bridgehead atoms. The number of hydrazine groups is 1. The largest absolute Gasteiger partial charge is 0.497 e. The van der Waals surface area contributed by atoms with Crippen molar-refractivity contribution in [2.75, 3.05) is 12.1 Å². The summed E-state index contributed by atoms with van der Waals surface area (Å²) in [6, 6.07) is 11.8. The molecule has 1 fully saturated rings. The smallest absolute Gasteiger partial charge is 0.284 e. The van der Waals surface area contributed by atoms with Crippen molar-refractivity contribution in [3.63, 3.8) is 0 Å². The molecular formula is C21H13Cl2N3O6. The van der Waals surface area contributed by atoms with Crippen LogP contribution in [0.25, 0.3) is 17.4 Å². The Labute approximate surface area is 190 Å². The second-order valence-electron chi connectivity index (χ2n) is 6.58. The summed E-state index contributed by atoms with van der Waals surface area (Å²) in [6.07, 6.45) is 1.26. The van der Waals surface area contributed by atoms with Gasteiger partial charge >= 0.3 is 0 Å². The summed E-state index contributed by atoms with van der Waals surface area (Å²) in [6.45, 7) is 0. The van der Waals surface area contributed by atoms with Crippen molar-refractivity contribution in [1.29, 1.82) is 0 Å². The van der Waals surface area contributed by atoms with Gasteiger partial charge in [-0.3, -0.25) is 25.1 Å². The first-order valence-corrected chi connectivity index (χ1v) is 9.79. The molecule has 1 aliphatic rings. The van der Waals surface area contributed by atoms with Crippen LogP contribution in [0.2, 0.25) is 10.0 Å². The van der Waals surface area contributed by atoms with Crippen LogP contribution in [0.3, 0.4) is 0 Å². The Hall–Kier alpha value is -3.82. The van der Waals surface area contributed by atoms with Gasteiger partial charge in [0.15, 0.2) is 0 Å². The summed E-state index contributed by atoms with van der Waals surface area (Å²) in [7, 11) is 1.40. The zero-order chi connectivity index (χ0) is 23.0. The van der Waals surface area contributed by atoms with E-state index in [1.165, 1.54) is 55.7 Å². The summed E-state index contributed by atoms with van der Waals surface area (Å²) in [4.78, 5) is 36.0. The minimum absolute atomic E-state index is 0.166. The highest BCUT2D eigenvalue weighted by Gasteiger charge is 2.35. The van der Waals surface area contributed by atoms with Crippen molar-refractivity contribution < 1.29 is 23.7 Å². The van der Waals surface area contributed by atoms with Crippen molar-refractivity contribution in [2.24, 2.45) is 0 Å². The fraction of sp³-hybridized carbons (Fsp3) is 0.0476. The van der Waals surface area contributed by atoms with Gasteiger partial charge in [0.05, 0.1) is 39.4 Å². The van der Waals surface area contributed by atoms with Crippen LogP contribution < -0.4 is 15.2 Å². The molecule has 11 heteroatoms. The Balaban J connectivity index is 1.65. The van der Waals surface area contributed by atoms with Crippen molar-refractivity contribution >= 4 is 52.5 Å². The molecule has 0 unspecified atom stereocenters. The molecular weight excluding hydrogens is 461 g/mol. The van der Waals surface area contributed by atoms with Crippen LogP contribution in [0.4, 0.5) is 11.4 Å². The van der Waals surface area contributed by atoms with E-state index in [0.717, 1.165) is 5.01 Å². The van der Waals surface area contributed by atoms with Gasteiger partial charge in [0.2, 0.25) is 0 Å². The molecule has 0 radical (unpaired) electrons. The highest BCUT2D eigenvalue weighted by molar-refractivity contribution is 6.42. The summed E-state index contributed by atoms with van der Waals surface area (Å²) >= 11 is 11.9. The molecule has 0 aliphatic carbocycles. The van der Waals surface area contributed by atoms with Crippen molar-refractivity contribution in [3.05, 3.63) is 80.0 Å². The maximum absolute atomic E-state index is 12.8. The van der Waals surface area contributed by atoms with Crippen LogP contribution in [0.15, 0.2) is 58.5 Å². The Kier molecular flexibility index (Phi) is 5.60. The lowest BCUT2D eigenvalue weighted by Gasteiger charge is -2.15. The van der Waals surface area contributed by atoms with Gasteiger partial charge in [-0.25, -0.2) is 5.01 Å². The van der Waals surface area contributed by atoms with Gasteiger partial charge in [-0.2, -0.15) is 0 Å². The Bertz CT molecular complexity index is 1300. The molecule has 2 aromatic carbocycles. The first-order valence-electron chi connectivity index (χ1n) is 9.03. The van der Waals surface area contributed by atoms with Gasteiger partial charge in [0, 0.05) is 0 Å². The van der Waals surface area contributed by atoms with Gasteiger partial charge in [0.25, 0.3) is 17.5 Å². The number of amides is 2. The average molecular weight is 474 g/mol. The number of carbonyl (C=O) groups excluding carboxylic acids is 2. The monoisotopic (exact) mass is 473 g/mol. The van der Waals surface area contributed by atoms with E-state index in [1.54, 1.807) is 6.07 Å². The number of methoxy groups -OCH3 is 1. The molecule has 1 N–H and O–H groups in total. The Morgan fingerprint density at radius 1 is 1.09 bits per heavy atom. The van der Waals surface area contributed by atoms with Crippen LogP contribution in [0.1, 0.15) is 5.76 Å². The molecule has 32 heavy (non-hydrogen) atoms.